The number of rotatable bonds is 5. The van der Waals surface area contributed by atoms with Gasteiger partial charge in [-0.2, -0.15) is 0 Å². The summed E-state index contributed by atoms with van der Waals surface area (Å²) in [6, 6.07) is 10.0. The molecule has 0 radical (unpaired) electrons. The third-order valence-corrected chi connectivity index (χ3v) is 2.00. The number of benzene rings is 1. The van der Waals surface area contributed by atoms with Crippen LogP contribution in [0.2, 0.25) is 0 Å². The van der Waals surface area contributed by atoms with Gasteiger partial charge in [-0.25, -0.2) is 0 Å². The van der Waals surface area contributed by atoms with Crippen LogP contribution in [0.1, 0.15) is 12.0 Å². The average Bonchev–Trinajstić information content (AvgIpc) is 2.26. The van der Waals surface area contributed by atoms with Gasteiger partial charge in [-0.15, -0.1) is 6.58 Å². The Morgan fingerprint density at radius 1 is 1.29 bits per heavy atom. The maximum Gasteiger partial charge on any atom is 0.127 e. The lowest BCUT2D eigenvalue weighted by Crippen LogP contribution is -1.93. The van der Waals surface area contributed by atoms with Crippen LogP contribution in [0.15, 0.2) is 49.1 Å². The van der Waals surface area contributed by atoms with Gasteiger partial charge in [0.15, 0.2) is 0 Å². The molecule has 14 heavy (non-hydrogen) atoms. The fourth-order valence-electron chi connectivity index (χ4n) is 1.13. The molecule has 0 heterocycles. The Labute approximate surface area is 84.8 Å². The molecule has 0 fully saturated rings. The van der Waals surface area contributed by atoms with Crippen LogP contribution in [-0.4, -0.2) is 6.29 Å². The SMILES string of the molecule is C=CC(C=O)CC=Cc1ccccc1. The van der Waals surface area contributed by atoms with Crippen LogP contribution in [0.3, 0.4) is 0 Å². The topological polar surface area (TPSA) is 17.1 Å². The lowest BCUT2D eigenvalue weighted by Gasteiger charge is -1.97. The lowest BCUT2D eigenvalue weighted by molar-refractivity contribution is -0.109. The Morgan fingerprint density at radius 3 is 2.57 bits per heavy atom. The molecule has 0 saturated heterocycles. The summed E-state index contributed by atoms with van der Waals surface area (Å²) in [5.41, 5.74) is 1.15. The van der Waals surface area contributed by atoms with Crippen molar-refractivity contribution in [2.24, 2.45) is 5.92 Å². The second-order valence-electron chi connectivity index (χ2n) is 3.08. The van der Waals surface area contributed by atoms with Crippen molar-refractivity contribution in [3.8, 4) is 0 Å². The Bertz CT molecular complexity index is 303. The molecule has 1 aromatic rings. The molecular weight excluding hydrogens is 172 g/mol. The Morgan fingerprint density at radius 2 is 2.00 bits per heavy atom. The summed E-state index contributed by atoms with van der Waals surface area (Å²) >= 11 is 0. The number of aldehydes is 1. The first kappa shape index (κ1) is 10.5. The predicted octanol–water partition coefficient (Wildman–Crippen LogP) is 3.09. The highest BCUT2D eigenvalue weighted by Gasteiger charge is 1.96. The van der Waals surface area contributed by atoms with Crippen molar-refractivity contribution in [2.45, 2.75) is 6.42 Å². The van der Waals surface area contributed by atoms with Crippen molar-refractivity contribution >= 4 is 12.4 Å². The zero-order valence-corrected chi connectivity index (χ0v) is 8.10. The number of carbonyl (C=O) groups excluding carboxylic acids is 1. The number of hydrogen-bond acceptors (Lipinski definition) is 1. The molecule has 0 aliphatic carbocycles. The molecule has 0 bridgehead atoms. The van der Waals surface area contributed by atoms with Crippen molar-refractivity contribution in [3.05, 3.63) is 54.6 Å². The van der Waals surface area contributed by atoms with Gasteiger partial charge in [-0.1, -0.05) is 48.6 Å². The van der Waals surface area contributed by atoms with E-state index in [0.717, 1.165) is 18.3 Å². The molecule has 0 aromatic heterocycles. The summed E-state index contributed by atoms with van der Waals surface area (Å²) in [6.07, 6.45) is 7.32. The maximum atomic E-state index is 10.5. The third-order valence-electron chi connectivity index (χ3n) is 2.00. The minimum atomic E-state index is -0.0602. The van der Waals surface area contributed by atoms with Gasteiger partial charge < -0.3 is 4.79 Å². The molecule has 0 aliphatic heterocycles. The van der Waals surface area contributed by atoms with E-state index in [9.17, 15) is 4.79 Å². The number of carbonyl (C=O) groups is 1. The van der Waals surface area contributed by atoms with Crippen molar-refractivity contribution < 1.29 is 4.79 Å². The fourth-order valence-corrected chi connectivity index (χ4v) is 1.13. The van der Waals surface area contributed by atoms with Crippen molar-refractivity contribution in [1.29, 1.82) is 0 Å². The van der Waals surface area contributed by atoms with E-state index in [1.807, 2.05) is 42.5 Å². The van der Waals surface area contributed by atoms with Crippen molar-refractivity contribution in [1.82, 2.24) is 0 Å². The summed E-state index contributed by atoms with van der Waals surface area (Å²) in [5, 5.41) is 0. The van der Waals surface area contributed by atoms with E-state index in [0.29, 0.717) is 0 Å². The minimum Gasteiger partial charge on any atom is -0.303 e. The van der Waals surface area contributed by atoms with Gasteiger partial charge in [0.25, 0.3) is 0 Å². The molecule has 1 unspecified atom stereocenters. The second kappa shape index (κ2) is 5.92. The van der Waals surface area contributed by atoms with Crippen LogP contribution in [0.5, 0.6) is 0 Å². The van der Waals surface area contributed by atoms with E-state index in [-0.39, 0.29) is 5.92 Å². The highest BCUT2D eigenvalue weighted by molar-refractivity contribution is 5.57. The zero-order chi connectivity index (χ0) is 10.2. The van der Waals surface area contributed by atoms with Crippen molar-refractivity contribution in [2.75, 3.05) is 0 Å². The van der Waals surface area contributed by atoms with Crippen molar-refractivity contribution in [3.63, 3.8) is 0 Å². The molecular formula is C13H14O. The van der Waals surface area contributed by atoms with Gasteiger partial charge in [0.2, 0.25) is 0 Å². The molecule has 0 amide bonds. The third kappa shape index (κ3) is 3.40. The van der Waals surface area contributed by atoms with Crippen LogP contribution < -0.4 is 0 Å². The summed E-state index contributed by atoms with van der Waals surface area (Å²) in [5.74, 6) is -0.0602. The number of hydrogen-bond donors (Lipinski definition) is 0. The zero-order valence-electron chi connectivity index (χ0n) is 8.10. The summed E-state index contributed by atoms with van der Waals surface area (Å²) in [7, 11) is 0. The molecule has 0 spiro atoms. The van der Waals surface area contributed by atoms with Gasteiger partial charge in [0, 0.05) is 5.92 Å². The lowest BCUT2D eigenvalue weighted by atomic mass is 10.1. The second-order valence-corrected chi connectivity index (χ2v) is 3.08. The summed E-state index contributed by atoms with van der Waals surface area (Å²) in [4.78, 5) is 10.5. The molecule has 1 rings (SSSR count). The van der Waals surface area contributed by atoms with Gasteiger partial charge in [-0.3, -0.25) is 0 Å². The van der Waals surface area contributed by atoms with Crippen LogP contribution in [0.4, 0.5) is 0 Å². The van der Waals surface area contributed by atoms with Gasteiger partial charge in [0.05, 0.1) is 0 Å². The van der Waals surface area contributed by atoms with Gasteiger partial charge >= 0.3 is 0 Å². The Balaban J connectivity index is 2.49. The molecule has 1 nitrogen and oxygen atoms in total. The normalized spacial score (nSPS) is 12.6. The largest absolute Gasteiger partial charge is 0.303 e. The van der Waals surface area contributed by atoms with E-state index in [1.54, 1.807) is 6.08 Å². The molecule has 0 aliphatic rings. The van der Waals surface area contributed by atoms with Gasteiger partial charge in [-0.05, 0) is 12.0 Å². The van der Waals surface area contributed by atoms with Crippen LogP contribution in [-0.2, 0) is 4.79 Å². The highest BCUT2D eigenvalue weighted by Crippen LogP contribution is 2.06. The maximum absolute atomic E-state index is 10.5. The highest BCUT2D eigenvalue weighted by atomic mass is 16.1. The summed E-state index contributed by atoms with van der Waals surface area (Å²) < 4.78 is 0. The van der Waals surface area contributed by atoms with Crippen LogP contribution in [0, 0.1) is 5.92 Å². The standard InChI is InChI=1S/C13H14O/c1-2-12(11-14)9-6-10-13-7-4-3-5-8-13/h2-8,10-12H,1,9H2. The fraction of sp³-hybridized carbons (Fsp3) is 0.154. The van der Waals surface area contributed by atoms with Crippen LogP contribution >= 0.6 is 0 Å². The predicted molar refractivity (Wildman–Crippen MR) is 59.8 cm³/mol. The average molecular weight is 186 g/mol. The van der Waals surface area contributed by atoms with E-state index in [1.165, 1.54) is 0 Å². The quantitative estimate of drug-likeness (QED) is 0.510. The van der Waals surface area contributed by atoms with Gasteiger partial charge in [0.1, 0.15) is 6.29 Å². The minimum absolute atomic E-state index is 0.0602. The molecule has 1 atom stereocenters. The van der Waals surface area contributed by atoms with E-state index in [2.05, 4.69) is 6.58 Å². The molecule has 1 heteroatoms. The monoisotopic (exact) mass is 186 g/mol. The molecule has 72 valence electrons. The first-order valence-electron chi connectivity index (χ1n) is 4.66. The van der Waals surface area contributed by atoms with Crippen LogP contribution in [0.25, 0.3) is 6.08 Å². The Kier molecular flexibility index (Phi) is 4.42. The Hall–Kier alpha value is -1.63. The smallest absolute Gasteiger partial charge is 0.127 e. The molecule has 0 N–H and O–H groups in total. The van der Waals surface area contributed by atoms with E-state index < -0.39 is 0 Å². The molecule has 1 aromatic carbocycles. The number of allylic oxidation sites excluding steroid dienone is 2. The van der Waals surface area contributed by atoms with E-state index >= 15 is 0 Å². The van der Waals surface area contributed by atoms with E-state index in [4.69, 9.17) is 0 Å². The first-order valence-corrected chi connectivity index (χ1v) is 4.66. The first-order chi connectivity index (χ1) is 6.86. The molecule has 0 saturated carbocycles. The summed E-state index contributed by atoms with van der Waals surface area (Å²) in [6.45, 7) is 3.59.